The summed E-state index contributed by atoms with van der Waals surface area (Å²) in [4.78, 5) is 31.4. The lowest BCUT2D eigenvalue weighted by Gasteiger charge is -2.38. The maximum atomic E-state index is 12.9. The van der Waals surface area contributed by atoms with Gasteiger partial charge in [0.15, 0.2) is 0 Å². The van der Waals surface area contributed by atoms with Crippen molar-refractivity contribution in [3.05, 3.63) is 29.3 Å². The van der Waals surface area contributed by atoms with Crippen molar-refractivity contribution in [2.45, 2.75) is 39.2 Å². The normalized spacial score (nSPS) is 20.8. The van der Waals surface area contributed by atoms with Crippen molar-refractivity contribution < 1.29 is 18.0 Å². The molecule has 2 saturated heterocycles. The number of nitrogens with zero attached hydrogens (tertiary/aromatic N) is 3. The Kier molecular flexibility index (Phi) is 7.02. The molecule has 3 rings (SSSR count). The molecule has 1 unspecified atom stereocenters. The van der Waals surface area contributed by atoms with Crippen molar-refractivity contribution in [3.8, 4) is 0 Å². The molecule has 166 valence electrons. The largest absolute Gasteiger partial charge is 0.339 e. The maximum Gasteiger partial charge on any atom is 0.254 e. The van der Waals surface area contributed by atoms with Gasteiger partial charge in [-0.2, -0.15) is 0 Å². The SMILES string of the molecule is Cc1ccc(C(=O)N2CCN(CC(=O)N3CCCCC3C)CC2)cc1NS(C)(=O)=O. The zero-order valence-corrected chi connectivity index (χ0v) is 18.9. The predicted molar refractivity (Wildman–Crippen MR) is 117 cm³/mol. The number of piperidine rings is 1. The first-order chi connectivity index (χ1) is 14.1. The summed E-state index contributed by atoms with van der Waals surface area (Å²) in [5.74, 6) is 0.0548. The van der Waals surface area contributed by atoms with Gasteiger partial charge in [0.2, 0.25) is 15.9 Å². The highest BCUT2D eigenvalue weighted by Crippen LogP contribution is 2.20. The summed E-state index contributed by atoms with van der Waals surface area (Å²) in [5, 5.41) is 0. The van der Waals surface area contributed by atoms with E-state index in [1.165, 1.54) is 6.42 Å². The number of hydrogen-bond acceptors (Lipinski definition) is 5. The summed E-state index contributed by atoms with van der Waals surface area (Å²) in [6.45, 7) is 7.55. The predicted octanol–water partition coefficient (Wildman–Crippen LogP) is 1.53. The standard InChI is InChI=1S/C21H32N4O4S/c1-16-7-8-18(14-19(16)22-30(3,28)29)21(27)24-12-10-23(11-13-24)15-20(26)25-9-5-4-6-17(25)2/h7-8,14,17,22H,4-6,9-13,15H2,1-3H3. The van der Waals surface area contributed by atoms with E-state index in [0.717, 1.165) is 31.2 Å². The Morgan fingerprint density at radius 1 is 1.10 bits per heavy atom. The Bertz CT molecular complexity index is 894. The first-order valence-electron chi connectivity index (χ1n) is 10.5. The van der Waals surface area contributed by atoms with Crippen molar-refractivity contribution in [1.29, 1.82) is 0 Å². The number of hydrogen-bond donors (Lipinski definition) is 1. The van der Waals surface area contributed by atoms with Gasteiger partial charge < -0.3 is 9.80 Å². The molecule has 2 heterocycles. The number of nitrogens with one attached hydrogen (secondary N) is 1. The highest BCUT2D eigenvalue weighted by molar-refractivity contribution is 7.92. The molecule has 0 spiro atoms. The second kappa shape index (κ2) is 9.34. The smallest absolute Gasteiger partial charge is 0.254 e. The zero-order chi connectivity index (χ0) is 21.9. The van der Waals surface area contributed by atoms with Crippen LogP contribution in [0, 0.1) is 6.92 Å². The lowest BCUT2D eigenvalue weighted by Crippen LogP contribution is -2.53. The summed E-state index contributed by atoms with van der Waals surface area (Å²) in [7, 11) is -3.42. The lowest BCUT2D eigenvalue weighted by molar-refractivity contribution is -0.136. The van der Waals surface area contributed by atoms with Crippen LogP contribution in [-0.2, 0) is 14.8 Å². The monoisotopic (exact) mass is 436 g/mol. The third-order valence-corrected chi connectivity index (χ3v) is 6.51. The van der Waals surface area contributed by atoms with E-state index in [-0.39, 0.29) is 11.8 Å². The number of amides is 2. The van der Waals surface area contributed by atoms with E-state index in [1.54, 1.807) is 30.0 Å². The van der Waals surface area contributed by atoms with Gasteiger partial charge in [0.1, 0.15) is 0 Å². The number of rotatable bonds is 5. The molecule has 1 aromatic rings. The summed E-state index contributed by atoms with van der Waals surface area (Å²) in [5.41, 5.74) is 1.63. The van der Waals surface area contributed by atoms with Crippen LogP contribution in [-0.4, -0.2) is 86.5 Å². The van der Waals surface area contributed by atoms with Crippen LogP contribution in [0.25, 0.3) is 0 Å². The molecule has 0 radical (unpaired) electrons. The molecule has 9 heteroatoms. The number of aryl methyl sites for hydroxylation is 1. The molecule has 0 bridgehead atoms. The topological polar surface area (TPSA) is 90.0 Å². The van der Waals surface area contributed by atoms with Crippen LogP contribution in [0.2, 0.25) is 0 Å². The van der Waals surface area contributed by atoms with Crippen LogP contribution < -0.4 is 4.72 Å². The second-order valence-electron chi connectivity index (χ2n) is 8.40. The average molecular weight is 437 g/mol. The number of carbonyl (C=O) groups is 2. The highest BCUT2D eigenvalue weighted by atomic mass is 32.2. The fourth-order valence-electron chi connectivity index (χ4n) is 4.11. The molecule has 1 aromatic carbocycles. The van der Waals surface area contributed by atoms with Gasteiger partial charge in [-0.25, -0.2) is 8.42 Å². The van der Waals surface area contributed by atoms with Gasteiger partial charge in [0, 0.05) is 44.3 Å². The molecular formula is C21H32N4O4S. The van der Waals surface area contributed by atoms with E-state index in [0.29, 0.717) is 50.0 Å². The molecule has 2 amide bonds. The van der Waals surface area contributed by atoms with E-state index in [4.69, 9.17) is 0 Å². The van der Waals surface area contributed by atoms with Gasteiger partial charge in [-0.05, 0) is 50.8 Å². The Balaban J connectivity index is 1.56. The van der Waals surface area contributed by atoms with Gasteiger partial charge >= 0.3 is 0 Å². The van der Waals surface area contributed by atoms with E-state index < -0.39 is 10.0 Å². The van der Waals surface area contributed by atoms with E-state index in [9.17, 15) is 18.0 Å². The van der Waals surface area contributed by atoms with Gasteiger partial charge in [-0.1, -0.05) is 6.07 Å². The molecule has 0 aliphatic carbocycles. The Labute approximate surface area is 179 Å². The van der Waals surface area contributed by atoms with E-state index in [2.05, 4.69) is 16.5 Å². The fraction of sp³-hybridized carbons (Fsp3) is 0.619. The van der Waals surface area contributed by atoms with Crippen LogP contribution in [0.3, 0.4) is 0 Å². The zero-order valence-electron chi connectivity index (χ0n) is 18.1. The number of carbonyl (C=O) groups excluding carboxylic acids is 2. The molecular weight excluding hydrogens is 404 g/mol. The summed E-state index contributed by atoms with van der Waals surface area (Å²) >= 11 is 0. The minimum absolute atomic E-state index is 0.123. The maximum absolute atomic E-state index is 12.9. The van der Waals surface area contributed by atoms with Crippen molar-refractivity contribution in [2.24, 2.45) is 0 Å². The first-order valence-corrected chi connectivity index (χ1v) is 12.4. The number of sulfonamides is 1. The molecule has 1 atom stereocenters. The molecule has 8 nitrogen and oxygen atoms in total. The number of benzene rings is 1. The van der Waals surface area contributed by atoms with Crippen LogP contribution >= 0.6 is 0 Å². The van der Waals surface area contributed by atoms with Crippen molar-refractivity contribution in [2.75, 3.05) is 50.2 Å². The Morgan fingerprint density at radius 2 is 1.80 bits per heavy atom. The molecule has 2 aliphatic rings. The van der Waals surface area contributed by atoms with Crippen molar-refractivity contribution in [1.82, 2.24) is 14.7 Å². The summed E-state index contributed by atoms with van der Waals surface area (Å²) < 4.78 is 25.6. The van der Waals surface area contributed by atoms with Gasteiger partial charge in [0.05, 0.1) is 18.5 Å². The molecule has 0 aromatic heterocycles. The summed E-state index contributed by atoms with van der Waals surface area (Å²) in [6, 6.07) is 5.37. The summed E-state index contributed by atoms with van der Waals surface area (Å²) in [6.07, 6.45) is 4.42. The number of likely N-dealkylation sites (tertiary alicyclic amines) is 1. The number of piperazine rings is 1. The van der Waals surface area contributed by atoms with Crippen molar-refractivity contribution >= 4 is 27.5 Å². The molecule has 30 heavy (non-hydrogen) atoms. The van der Waals surface area contributed by atoms with Crippen LogP contribution in [0.15, 0.2) is 18.2 Å². The van der Waals surface area contributed by atoms with Crippen molar-refractivity contribution in [3.63, 3.8) is 0 Å². The fourth-order valence-corrected chi connectivity index (χ4v) is 4.73. The van der Waals surface area contributed by atoms with Crippen LogP contribution in [0.5, 0.6) is 0 Å². The Morgan fingerprint density at radius 3 is 2.43 bits per heavy atom. The van der Waals surface area contributed by atoms with Crippen LogP contribution in [0.4, 0.5) is 5.69 Å². The van der Waals surface area contributed by atoms with Crippen LogP contribution in [0.1, 0.15) is 42.1 Å². The molecule has 2 aliphatic heterocycles. The van der Waals surface area contributed by atoms with Gasteiger partial charge in [-0.3, -0.25) is 19.2 Å². The molecule has 0 saturated carbocycles. The first kappa shape index (κ1) is 22.6. The third kappa shape index (κ3) is 5.72. The van der Waals surface area contributed by atoms with E-state index >= 15 is 0 Å². The molecule has 1 N–H and O–H groups in total. The molecule has 2 fully saturated rings. The highest BCUT2D eigenvalue weighted by Gasteiger charge is 2.27. The average Bonchev–Trinajstić information content (AvgIpc) is 2.69. The minimum atomic E-state index is -3.42. The lowest BCUT2D eigenvalue weighted by atomic mass is 10.0. The van der Waals surface area contributed by atoms with E-state index in [1.807, 2.05) is 4.90 Å². The Hall–Kier alpha value is -2.13. The van der Waals surface area contributed by atoms with Gasteiger partial charge in [0.25, 0.3) is 5.91 Å². The third-order valence-electron chi connectivity index (χ3n) is 5.92. The number of anilines is 1. The quantitative estimate of drug-likeness (QED) is 0.756. The minimum Gasteiger partial charge on any atom is -0.339 e. The second-order valence-corrected chi connectivity index (χ2v) is 10.2. The van der Waals surface area contributed by atoms with Gasteiger partial charge in [-0.15, -0.1) is 0 Å².